The zero-order valence-corrected chi connectivity index (χ0v) is 18.6. The fourth-order valence-electron chi connectivity index (χ4n) is 2.98. The molecule has 10 nitrogen and oxygen atoms in total. The van der Waals surface area contributed by atoms with Gasteiger partial charge in [-0.2, -0.15) is 0 Å². The molecule has 0 aliphatic heterocycles. The van der Waals surface area contributed by atoms with E-state index in [4.69, 9.17) is 14.4 Å². The summed E-state index contributed by atoms with van der Waals surface area (Å²) >= 11 is 1.61. The lowest BCUT2D eigenvalue weighted by molar-refractivity contribution is -0.116. The van der Waals surface area contributed by atoms with E-state index in [1.807, 2.05) is 30.5 Å². The van der Waals surface area contributed by atoms with Crippen LogP contribution in [0.5, 0.6) is 5.75 Å². The normalized spacial score (nSPS) is 10.8. The summed E-state index contributed by atoms with van der Waals surface area (Å²) in [5.74, 6) is -1.87. The first-order chi connectivity index (χ1) is 16.4. The first-order valence-electron chi connectivity index (χ1n) is 9.87. The van der Waals surface area contributed by atoms with E-state index in [0.29, 0.717) is 16.9 Å². The SMILES string of the molecule is CSc1ccc(NC(=O)Cn2cc(COc3cc(F)ccc3-c3cc(C(=O)O)no3)nn2)cc1. The number of carbonyl (C=O) groups excluding carboxylic acids is 1. The van der Waals surface area contributed by atoms with E-state index < -0.39 is 11.8 Å². The lowest BCUT2D eigenvalue weighted by Gasteiger charge is -2.08. The molecule has 12 heteroatoms. The van der Waals surface area contributed by atoms with Gasteiger partial charge in [0.25, 0.3) is 0 Å². The summed E-state index contributed by atoms with van der Waals surface area (Å²) in [6, 6.07) is 12.4. The molecule has 2 aromatic heterocycles. The Morgan fingerprint density at radius 3 is 2.71 bits per heavy atom. The largest absolute Gasteiger partial charge is 0.486 e. The summed E-state index contributed by atoms with van der Waals surface area (Å²) in [6.07, 6.45) is 3.50. The van der Waals surface area contributed by atoms with Crippen molar-refractivity contribution in [1.29, 1.82) is 0 Å². The molecule has 2 heterocycles. The number of ether oxygens (including phenoxy) is 1. The number of nitrogens with one attached hydrogen (secondary N) is 1. The topological polar surface area (TPSA) is 132 Å². The number of hydrogen-bond acceptors (Lipinski definition) is 8. The maximum atomic E-state index is 13.8. The van der Waals surface area contributed by atoms with Crippen molar-refractivity contribution in [2.24, 2.45) is 0 Å². The predicted molar refractivity (Wildman–Crippen MR) is 120 cm³/mol. The van der Waals surface area contributed by atoms with Gasteiger partial charge in [-0.3, -0.25) is 4.79 Å². The predicted octanol–water partition coefficient (Wildman–Crippen LogP) is 3.71. The van der Waals surface area contributed by atoms with Crippen molar-refractivity contribution in [2.45, 2.75) is 18.0 Å². The van der Waals surface area contributed by atoms with Gasteiger partial charge in [-0.25, -0.2) is 13.9 Å². The van der Waals surface area contributed by atoms with Crippen molar-refractivity contribution in [3.05, 3.63) is 71.9 Å². The molecular formula is C22H18FN5O5S. The molecule has 0 saturated carbocycles. The van der Waals surface area contributed by atoms with E-state index in [2.05, 4.69) is 20.8 Å². The van der Waals surface area contributed by atoms with Crippen LogP contribution in [-0.4, -0.2) is 43.4 Å². The number of nitrogens with zero attached hydrogens (tertiary/aromatic N) is 4. The van der Waals surface area contributed by atoms with Crippen LogP contribution >= 0.6 is 11.8 Å². The van der Waals surface area contributed by atoms with Crippen LogP contribution < -0.4 is 10.1 Å². The monoisotopic (exact) mass is 483 g/mol. The highest BCUT2D eigenvalue weighted by atomic mass is 32.2. The van der Waals surface area contributed by atoms with Gasteiger partial charge in [0.2, 0.25) is 5.91 Å². The Hall–Kier alpha value is -4.19. The summed E-state index contributed by atoms with van der Waals surface area (Å²) < 4.78 is 25.9. The molecule has 34 heavy (non-hydrogen) atoms. The number of aromatic nitrogens is 4. The molecule has 0 unspecified atom stereocenters. The van der Waals surface area contributed by atoms with Crippen molar-refractivity contribution in [3.63, 3.8) is 0 Å². The van der Waals surface area contributed by atoms with Gasteiger partial charge < -0.3 is 19.7 Å². The second-order valence-electron chi connectivity index (χ2n) is 6.99. The average molecular weight is 483 g/mol. The van der Waals surface area contributed by atoms with Crippen LogP contribution in [0.4, 0.5) is 10.1 Å². The highest BCUT2D eigenvalue weighted by Gasteiger charge is 2.17. The van der Waals surface area contributed by atoms with Crippen LogP contribution in [0.2, 0.25) is 0 Å². The van der Waals surface area contributed by atoms with Gasteiger partial charge in [0.05, 0.1) is 11.8 Å². The molecule has 174 valence electrons. The molecule has 0 spiro atoms. The zero-order chi connectivity index (χ0) is 24.1. The molecule has 1 amide bonds. The van der Waals surface area contributed by atoms with E-state index in [-0.39, 0.29) is 36.3 Å². The number of anilines is 1. The third-order valence-corrected chi connectivity index (χ3v) is 5.32. The number of benzene rings is 2. The highest BCUT2D eigenvalue weighted by Crippen LogP contribution is 2.32. The van der Waals surface area contributed by atoms with Crippen LogP contribution in [0.3, 0.4) is 0 Å². The van der Waals surface area contributed by atoms with Gasteiger partial charge in [0.15, 0.2) is 11.5 Å². The zero-order valence-electron chi connectivity index (χ0n) is 17.8. The highest BCUT2D eigenvalue weighted by molar-refractivity contribution is 7.98. The standard InChI is InChI=1S/C22H18FN5O5S/c1-34-16-5-3-14(4-6-16)24-21(29)11-28-10-15(25-27-28)12-32-19-8-13(23)2-7-17(19)20-9-18(22(30)31)26-33-20/h2-10H,11-12H2,1H3,(H,24,29)(H,30,31). The summed E-state index contributed by atoms with van der Waals surface area (Å²) in [7, 11) is 0. The number of carboxylic acid groups (broad SMARTS) is 1. The Labute approximate surface area is 196 Å². The lowest BCUT2D eigenvalue weighted by Crippen LogP contribution is -2.19. The first-order valence-corrected chi connectivity index (χ1v) is 11.1. The number of thioether (sulfide) groups is 1. The van der Waals surface area contributed by atoms with Gasteiger partial charge >= 0.3 is 5.97 Å². The molecule has 2 aromatic carbocycles. The number of hydrogen-bond donors (Lipinski definition) is 2. The molecule has 0 aliphatic carbocycles. The Balaban J connectivity index is 1.39. The van der Waals surface area contributed by atoms with Gasteiger partial charge in [-0.1, -0.05) is 10.4 Å². The summed E-state index contributed by atoms with van der Waals surface area (Å²) in [4.78, 5) is 24.4. The molecule has 0 saturated heterocycles. The van der Waals surface area contributed by atoms with Crippen molar-refractivity contribution in [3.8, 4) is 17.1 Å². The van der Waals surface area contributed by atoms with Gasteiger partial charge in [0, 0.05) is 22.7 Å². The molecule has 4 aromatic rings. The van der Waals surface area contributed by atoms with Crippen LogP contribution in [-0.2, 0) is 17.9 Å². The van der Waals surface area contributed by atoms with Crippen LogP contribution in [0.1, 0.15) is 16.2 Å². The Kier molecular flexibility index (Phi) is 6.87. The Morgan fingerprint density at radius 1 is 1.21 bits per heavy atom. The maximum absolute atomic E-state index is 13.8. The van der Waals surface area contributed by atoms with Gasteiger partial charge in [-0.15, -0.1) is 16.9 Å². The molecule has 0 fully saturated rings. The van der Waals surface area contributed by atoms with E-state index in [1.54, 1.807) is 11.8 Å². The minimum atomic E-state index is -1.25. The maximum Gasteiger partial charge on any atom is 0.358 e. The third kappa shape index (κ3) is 5.59. The number of carboxylic acids is 1. The van der Waals surface area contributed by atoms with Gasteiger partial charge in [0.1, 0.15) is 30.4 Å². The number of rotatable bonds is 9. The van der Waals surface area contributed by atoms with E-state index in [9.17, 15) is 14.0 Å². The van der Waals surface area contributed by atoms with Gasteiger partial charge in [-0.05, 0) is 42.7 Å². The van der Waals surface area contributed by atoms with Crippen molar-refractivity contribution in [2.75, 3.05) is 11.6 Å². The Bertz CT molecular complexity index is 1320. The number of aromatic carboxylic acids is 1. The lowest BCUT2D eigenvalue weighted by atomic mass is 10.1. The minimum absolute atomic E-state index is 0.0570. The van der Waals surface area contributed by atoms with Crippen molar-refractivity contribution >= 4 is 29.3 Å². The van der Waals surface area contributed by atoms with Crippen molar-refractivity contribution < 1.29 is 28.3 Å². The van der Waals surface area contributed by atoms with Crippen LogP contribution in [0.25, 0.3) is 11.3 Å². The fraction of sp³-hybridized carbons (Fsp3) is 0.136. The molecule has 0 aliphatic rings. The molecule has 0 bridgehead atoms. The molecule has 0 radical (unpaired) electrons. The number of carbonyl (C=O) groups is 2. The number of halogens is 1. The average Bonchev–Trinajstić information content (AvgIpc) is 3.48. The molecule has 0 atom stereocenters. The van der Waals surface area contributed by atoms with Crippen LogP contribution in [0, 0.1) is 5.82 Å². The number of amides is 1. The van der Waals surface area contributed by atoms with E-state index in [1.165, 1.54) is 29.1 Å². The summed E-state index contributed by atoms with van der Waals surface area (Å²) in [5.41, 5.74) is 1.10. The minimum Gasteiger partial charge on any atom is -0.486 e. The van der Waals surface area contributed by atoms with Crippen molar-refractivity contribution in [1.82, 2.24) is 20.2 Å². The Morgan fingerprint density at radius 2 is 2.00 bits per heavy atom. The van der Waals surface area contributed by atoms with E-state index in [0.717, 1.165) is 11.0 Å². The second-order valence-corrected chi connectivity index (χ2v) is 7.87. The molecule has 2 N–H and O–H groups in total. The third-order valence-electron chi connectivity index (χ3n) is 4.58. The first kappa shape index (κ1) is 23.0. The summed E-state index contributed by atoms with van der Waals surface area (Å²) in [6.45, 7) is -0.132. The van der Waals surface area contributed by atoms with E-state index >= 15 is 0 Å². The fourth-order valence-corrected chi connectivity index (χ4v) is 3.39. The molecular weight excluding hydrogens is 465 g/mol. The van der Waals surface area contributed by atoms with Crippen LogP contribution in [0.15, 0.2) is 64.1 Å². The quantitative estimate of drug-likeness (QED) is 0.342. The summed E-state index contributed by atoms with van der Waals surface area (Å²) in [5, 5.41) is 23.1. The second kappa shape index (κ2) is 10.2. The molecule has 4 rings (SSSR count). The smallest absolute Gasteiger partial charge is 0.358 e.